The van der Waals surface area contributed by atoms with Crippen LogP contribution in [-0.4, -0.2) is 74.1 Å². The van der Waals surface area contributed by atoms with Crippen molar-refractivity contribution in [1.29, 1.82) is 0 Å². The fourth-order valence-corrected chi connectivity index (χ4v) is 0. The van der Waals surface area contributed by atoms with Gasteiger partial charge in [-0.1, -0.05) is 0 Å². The molecule has 0 saturated carbocycles. The summed E-state index contributed by atoms with van der Waals surface area (Å²) in [6.07, 6.45) is 0. The summed E-state index contributed by atoms with van der Waals surface area (Å²) < 4.78 is 8.42. The second-order valence-electron chi connectivity index (χ2n) is 0. The topological polar surface area (TPSA) is 17.1 Å². The molecule has 0 aliphatic heterocycles. The Bertz CT molecular complexity index is 6.00. The summed E-state index contributed by atoms with van der Waals surface area (Å²) in [5, 5.41) is 0. The Morgan fingerprint density at radius 3 is 1.25 bits per heavy atom. The van der Waals surface area contributed by atoms with E-state index < -0.39 is 0 Å². The predicted octanol–water partition coefficient (Wildman–Crippen LogP) is -2.87. The molecule has 0 aromatic rings. The third-order valence-electron chi connectivity index (χ3n) is 0. The predicted molar refractivity (Wildman–Crippen MR) is 26.3 cm³/mol. The maximum absolute atomic E-state index is 8.42. The van der Waals surface area contributed by atoms with Crippen LogP contribution in [0.4, 0.5) is 0 Å². The van der Waals surface area contributed by atoms with Gasteiger partial charge in [0.1, 0.15) is 0 Å². The van der Waals surface area contributed by atoms with Crippen molar-refractivity contribution in [2.75, 3.05) is 0 Å². The van der Waals surface area contributed by atoms with Crippen LogP contribution in [0.1, 0.15) is 0 Å². The van der Waals surface area contributed by atoms with Crippen LogP contribution in [0.25, 0.3) is 0 Å². The van der Waals surface area contributed by atoms with Gasteiger partial charge in [-0.25, -0.2) is 0 Å². The molecule has 0 aliphatic carbocycles. The van der Waals surface area contributed by atoms with E-state index in [0.717, 1.165) is 0 Å². The summed E-state index contributed by atoms with van der Waals surface area (Å²) in [6, 6.07) is 0. The van der Waals surface area contributed by atoms with Crippen LogP contribution in [-0.2, 0) is 2.85 Å². The van der Waals surface area contributed by atoms with Gasteiger partial charge in [-0.05, 0) is 0 Å². The van der Waals surface area contributed by atoms with E-state index in [1.165, 1.54) is 0 Å². The van der Waals surface area contributed by atoms with Crippen molar-refractivity contribution in [2.24, 2.45) is 0 Å². The Balaban J connectivity index is -0.00000000500. The molecule has 0 N–H and O–H groups in total. The summed E-state index contributed by atoms with van der Waals surface area (Å²) in [5.41, 5.74) is 0. The van der Waals surface area contributed by atoms with Crippen LogP contribution in [0.5, 0.6) is 0 Å². The van der Waals surface area contributed by atoms with E-state index in [4.69, 9.17) is 2.85 Å². The minimum atomic E-state index is -0.1000. The van der Waals surface area contributed by atoms with Crippen LogP contribution in [0.3, 0.4) is 0 Å². The number of rotatable bonds is 0. The van der Waals surface area contributed by atoms with Gasteiger partial charge in [0.15, 0.2) is 0 Å². The van der Waals surface area contributed by atoms with Crippen LogP contribution in [0.15, 0.2) is 0 Å². The number of hydrogen-bond acceptors (Lipinski definition) is 1. The summed E-state index contributed by atoms with van der Waals surface area (Å²) >= 11 is -0.1000. The zero-order valence-corrected chi connectivity index (χ0v) is 9.90. The molecule has 0 amide bonds. The molecule has 0 heterocycles. The van der Waals surface area contributed by atoms with Gasteiger partial charge in [0.05, 0.1) is 0 Å². The molecule has 0 atom stereocenters. The summed E-state index contributed by atoms with van der Waals surface area (Å²) in [5.74, 6) is 0. The van der Waals surface area contributed by atoms with Gasteiger partial charge in [0.2, 0.25) is 0 Å². The van der Waals surface area contributed by atoms with E-state index in [9.17, 15) is 0 Å². The molecule has 1 nitrogen and oxygen atoms in total. The van der Waals surface area contributed by atoms with Gasteiger partial charge in [-0.15, -0.1) is 0 Å². The van der Waals surface area contributed by atoms with Crippen molar-refractivity contribution < 1.29 is 2.85 Å². The zero-order chi connectivity index (χ0) is 2.00. The van der Waals surface area contributed by atoms with Gasteiger partial charge < -0.3 is 0 Å². The average Bonchev–Trinajstić information content (AvgIpc) is 1.00. The molecule has 0 rings (SSSR count). The first-order chi connectivity index (χ1) is 1.00. The quantitative estimate of drug-likeness (QED) is 0.419. The summed E-state index contributed by atoms with van der Waals surface area (Å²) in [7, 11) is 0. The summed E-state index contributed by atoms with van der Waals surface area (Å²) in [4.78, 5) is 0. The third kappa shape index (κ3) is 8.84. The van der Waals surface area contributed by atoms with Crippen molar-refractivity contribution in [1.82, 2.24) is 0 Å². The molecule has 4 heavy (non-hydrogen) atoms. The van der Waals surface area contributed by atoms with Crippen molar-refractivity contribution in [3.63, 3.8) is 0 Å². The average molecular weight is 370 g/mol. The first-order valence-corrected chi connectivity index (χ1v) is 1.94. The molecule has 0 saturated heterocycles. The van der Waals surface area contributed by atoms with Gasteiger partial charge >= 0.3 is 77.0 Å². The van der Waals surface area contributed by atoms with Crippen LogP contribution in [0, 0.1) is 0 Å². The van der Waals surface area contributed by atoms with Crippen LogP contribution >= 0.6 is 0 Å². The normalized spacial score (nSPS) is 0.750. The molecule has 4 heteroatoms. The SMILES string of the molecule is [InH3].[O]=[InH].[SnH2]. The van der Waals surface area contributed by atoms with Gasteiger partial charge in [-0.2, -0.15) is 0 Å². The van der Waals surface area contributed by atoms with Crippen molar-refractivity contribution in [3.8, 4) is 0 Å². The van der Waals surface area contributed by atoms with Crippen molar-refractivity contribution in [3.05, 3.63) is 0 Å². The van der Waals surface area contributed by atoms with E-state index in [1.54, 1.807) is 0 Å². The van der Waals surface area contributed by atoms with Gasteiger partial charge in [0.25, 0.3) is 0 Å². The molecule has 0 aromatic heterocycles. The Morgan fingerprint density at radius 1 is 1.25 bits per heavy atom. The second kappa shape index (κ2) is 18.4. The molecule has 0 spiro atoms. The molecule has 0 fully saturated rings. The molecule has 0 aliphatic rings. The first kappa shape index (κ1) is 16.2. The Kier molecular flexibility index (Phi) is 74.4. The fraction of sp³-hybridized carbons (Fsp3) is 0. The van der Waals surface area contributed by atoms with E-state index in [0.29, 0.717) is 0 Å². The van der Waals surface area contributed by atoms with Crippen molar-refractivity contribution in [2.45, 2.75) is 0 Å². The molecule has 0 unspecified atom stereocenters. The zero-order valence-electron chi connectivity index (χ0n) is 1.82. The van der Waals surface area contributed by atoms with Crippen LogP contribution in [0.2, 0.25) is 0 Å². The second-order valence-corrected chi connectivity index (χ2v) is 0. The molecule has 0 bridgehead atoms. The van der Waals surface area contributed by atoms with E-state index in [2.05, 4.69) is 0 Å². The van der Waals surface area contributed by atoms with Gasteiger partial charge in [0, 0.05) is 0 Å². The van der Waals surface area contributed by atoms with E-state index >= 15 is 0 Å². The Hall–Kier alpha value is 2.34. The first-order valence-electron chi connectivity index (χ1n) is 0.289. The standard InChI is InChI=1S/2In.O.Sn.6H. The molecular formula is H6In2OSn. The van der Waals surface area contributed by atoms with Crippen molar-refractivity contribution >= 4 is 74.1 Å². The van der Waals surface area contributed by atoms with E-state index in [1.807, 2.05) is 0 Å². The van der Waals surface area contributed by atoms with Crippen LogP contribution < -0.4 is 0 Å². The molecular weight excluding hydrogens is 364 g/mol. The Morgan fingerprint density at radius 2 is 1.25 bits per heavy atom. The molecule has 2 radical (unpaired) electrons. The Labute approximate surface area is 75.7 Å². The van der Waals surface area contributed by atoms with Gasteiger partial charge in [-0.3, -0.25) is 0 Å². The third-order valence-corrected chi connectivity index (χ3v) is 0. The van der Waals surface area contributed by atoms with E-state index in [-0.39, 0.29) is 74.1 Å². The minimum absolute atomic E-state index is 0. The molecule has 0 aromatic carbocycles. The molecule has 22 valence electrons. The number of hydrogen-bond donors (Lipinski definition) is 0. The summed E-state index contributed by atoms with van der Waals surface area (Å²) in [6.45, 7) is 0. The monoisotopic (exact) mass is 372 g/mol. The maximum atomic E-state index is 8.42. The fourth-order valence-electron chi connectivity index (χ4n) is 0.